The van der Waals surface area contributed by atoms with Gasteiger partial charge in [-0.1, -0.05) is 44.2 Å². The van der Waals surface area contributed by atoms with Gasteiger partial charge in [0, 0.05) is 18.5 Å². The molecule has 0 saturated heterocycles. The van der Waals surface area contributed by atoms with Crippen LogP contribution in [0.4, 0.5) is 11.8 Å². The molecule has 2 aromatic rings. The third-order valence-corrected chi connectivity index (χ3v) is 4.27. The van der Waals surface area contributed by atoms with Crippen molar-refractivity contribution in [1.82, 2.24) is 9.97 Å². The maximum atomic E-state index is 4.63. The Kier molecular flexibility index (Phi) is 4.53. The predicted octanol–water partition coefficient (Wildman–Crippen LogP) is 4.20. The van der Waals surface area contributed by atoms with Crippen LogP contribution in [0.25, 0.3) is 10.9 Å². The number of benzene rings is 1. The zero-order valence-corrected chi connectivity index (χ0v) is 12.7. The Labute approximate surface area is 126 Å². The average molecular weight is 284 g/mol. The van der Waals surface area contributed by atoms with Gasteiger partial charge in [-0.25, -0.2) is 4.98 Å². The smallest absolute Gasteiger partial charge is 0.224 e. The van der Waals surface area contributed by atoms with E-state index < -0.39 is 0 Å². The van der Waals surface area contributed by atoms with E-state index >= 15 is 0 Å². The van der Waals surface area contributed by atoms with Crippen LogP contribution >= 0.6 is 0 Å². The molecule has 1 aliphatic carbocycles. The molecule has 4 heteroatoms. The molecule has 21 heavy (non-hydrogen) atoms. The monoisotopic (exact) mass is 284 g/mol. The van der Waals surface area contributed by atoms with Crippen LogP contribution in [0.15, 0.2) is 24.3 Å². The van der Waals surface area contributed by atoms with E-state index in [-0.39, 0.29) is 0 Å². The molecule has 3 rings (SSSR count). The van der Waals surface area contributed by atoms with E-state index in [1.54, 1.807) is 0 Å². The van der Waals surface area contributed by atoms with Crippen molar-refractivity contribution in [1.29, 1.82) is 0 Å². The summed E-state index contributed by atoms with van der Waals surface area (Å²) >= 11 is 0. The Morgan fingerprint density at radius 2 is 1.67 bits per heavy atom. The van der Waals surface area contributed by atoms with E-state index in [9.17, 15) is 0 Å². The van der Waals surface area contributed by atoms with Crippen LogP contribution in [0.2, 0.25) is 0 Å². The molecule has 1 aromatic carbocycles. The topological polar surface area (TPSA) is 49.8 Å². The molecule has 0 unspecified atom stereocenters. The van der Waals surface area contributed by atoms with Crippen LogP contribution in [0.3, 0.4) is 0 Å². The van der Waals surface area contributed by atoms with Gasteiger partial charge >= 0.3 is 0 Å². The summed E-state index contributed by atoms with van der Waals surface area (Å²) < 4.78 is 0. The Bertz CT molecular complexity index is 588. The third kappa shape index (κ3) is 3.43. The summed E-state index contributed by atoms with van der Waals surface area (Å²) in [7, 11) is 1.86. The molecular weight excluding hydrogens is 260 g/mol. The fourth-order valence-electron chi connectivity index (χ4n) is 3.09. The molecule has 0 atom stereocenters. The van der Waals surface area contributed by atoms with Crippen LogP contribution in [0, 0.1) is 0 Å². The molecule has 112 valence electrons. The van der Waals surface area contributed by atoms with Crippen molar-refractivity contribution >= 4 is 22.7 Å². The molecule has 1 heterocycles. The molecule has 1 aliphatic rings. The lowest BCUT2D eigenvalue weighted by atomic mass is 9.96. The number of nitrogens with zero attached hydrogens (tertiary/aromatic N) is 2. The first-order chi connectivity index (χ1) is 10.4. The summed E-state index contributed by atoms with van der Waals surface area (Å²) in [5, 5.41) is 7.84. The van der Waals surface area contributed by atoms with E-state index in [0.717, 1.165) is 16.7 Å². The largest absolute Gasteiger partial charge is 0.367 e. The quantitative estimate of drug-likeness (QED) is 0.887. The molecule has 1 aromatic heterocycles. The van der Waals surface area contributed by atoms with Gasteiger partial charge < -0.3 is 10.6 Å². The van der Waals surface area contributed by atoms with Gasteiger partial charge in [0.25, 0.3) is 0 Å². The second-order valence-electron chi connectivity index (χ2n) is 5.85. The highest BCUT2D eigenvalue weighted by Crippen LogP contribution is 2.25. The van der Waals surface area contributed by atoms with Crippen LogP contribution in [-0.4, -0.2) is 23.1 Å². The van der Waals surface area contributed by atoms with Crippen LogP contribution < -0.4 is 10.6 Å². The molecule has 1 saturated carbocycles. The Balaban J connectivity index is 1.87. The van der Waals surface area contributed by atoms with E-state index in [4.69, 9.17) is 0 Å². The zero-order valence-electron chi connectivity index (χ0n) is 12.7. The average Bonchev–Trinajstić information content (AvgIpc) is 2.49. The van der Waals surface area contributed by atoms with Crippen LogP contribution in [0.5, 0.6) is 0 Å². The molecule has 4 nitrogen and oxygen atoms in total. The van der Waals surface area contributed by atoms with Crippen molar-refractivity contribution in [3.8, 4) is 0 Å². The highest BCUT2D eigenvalue weighted by molar-refractivity contribution is 5.90. The molecular formula is C17H24N4. The van der Waals surface area contributed by atoms with Gasteiger partial charge in [0.2, 0.25) is 5.95 Å². The maximum Gasteiger partial charge on any atom is 0.224 e. The number of hydrogen-bond acceptors (Lipinski definition) is 4. The maximum absolute atomic E-state index is 4.63. The van der Waals surface area contributed by atoms with Gasteiger partial charge in [0.15, 0.2) is 0 Å². The van der Waals surface area contributed by atoms with Crippen molar-refractivity contribution in [2.75, 3.05) is 17.7 Å². The first-order valence-corrected chi connectivity index (χ1v) is 8.08. The highest BCUT2D eigenvalue weighted by Gasteiger charge is 2.14. The summed E-state index contributed by atoms with van der Waals surface area (Å²) in [4.78, 5) is 9.15. The first-order valence-electron chi connectivity index (χ1n) is 8.08. The van der Waals surface area contributed by atoms with Crippen LogP contribution in [0.1, 0.15) is 44.9 Å². The summed E-state index contributed by atoms with van der Waals surface area (Å²) in [5.41, 5.74) is 0.991. The minimum atomic E-state index is 0.535. The van der Waals surface area contributed by atoms with E-state index in [0.29, 0.717) is 12.0 Å². The summed E-state index contributed by atoms with van der Waals surface area (Å²) in [6.07, 6.45) is 9.25. The second-order valence-corrected chi connectivity index (χ2v) is 5.85. The third-order valence-electron chi connectivity index (χ3n) is 4.27. The van der Waals surface area contributed by atoms with E-state index in [1.165, 1.54) is 44.9 Å². The molecule has 0 amide bonds. The summed E-state index contributed by atoms with van der Waals surface area (Å²) in [6.45, 7) is 0. The van der Waals surface area contributed by atoms with Crippen LogP contribution in [-0.2, 0) is 0 Å². The van der Waals surface area contributed by atoms with Gasteiger partial charge in [0.05, 0.1) is 5.52 Å². The molecule has 0 spiro atoms. The fraction of sp³-hybridized carbons (Fsp3) is 0.529. The number of rotatable bonds is 3. The minimum Gasteiger partial charge on any atom is -0.367 e. The number of anilines is 2. The standard InChI is InChI=1S/C17H24N4/c1-18-17-20-15-12-8-7-11-14(15)16(21-17)19-13-9-5-3-2-4-6-10-13/h7-8,11-13H,2-6,9-10H2,1H3,(H2,18,19,20,21). The first kappa shape index (κ1) is 14.1. The molecule has 0 bridgehead atoms. The lowest BCUT2D eigenvalue weighted by Gasteiger charge is -2.22. The van der Waals surface area contributed by atoms with Gasteiger partial charge in [-0.15, -0.1) is 0 Å². The zero-order chi connectivity index (χ0) is 14.5. The molecule has 2 N–H and O–H groups in total. The summed E-state index contributed by atoms with van der Waals surface area (Å²) in [5.74, 6) is 1.65. The Morgan fingerprint density at radius 1 is 0.952 bits per heavy atom. The molecule has 0 radical (unpaired) electrons. The molecule has 0 aliphatic heterocycles. The van der Waals surface area contributed by atoms with Gasteiger partial charge in [-0.05, 0) is 25.0 Å². The van der Waals surface area contributed by atoms with Crippen molar-refractivity contribution in [2.24, 2.45) is 0 Å². The van der Waals surface area contributed by atoms with Gasteiger partial charge in [-0.2, -0.15) is 4.98 Å². The van der Waals surface area contributed by atoms with E-state index in [2.05, 4.69) is 26.7 Å². The predicted molar refractivity (Wildman–Crippen MR) is 88.8 cm³/mol. The lowest BCUT2D eigenvalue weighted by molar-refractivity contribution is 0.471. The fourth-order valence-corrected chi connectivity index (χ4v) is 3.09. The Hall–Kier alpha value is -1.84. The summed E-state index contributed by atoms with van der Waals surface area (Å²) in [6, 6.07) is 8.75. The highest BCUT2D eigenvalue weighted by atomic mass is 15.1. The minimum absolute atomic E-state index is 0.535. The number of aromatic nitrogens is 2. The number of hydrogen-bond donors (Lipinski definition) is 2. The van der Waals surface area contributed by atoms with E-state index in [1.807, 2.05) is 25.2 Å². The van der Waals surface area contributed by atoms with Gasteiger partial charge in [-0.3, -0.25) is 0 Å². The SMILES string of the molecule is CNc1nc(NC2CCCCCCC2)c2ccccc2n1. The molecule has 1 fully saturated rings. The lowest BCUT2D eigenvalue weighted by Crippen LogP contribution is -2.21. The van der Waals surface area contributed by atoms with Crippen molar-refractivity contribution in [3.63, 3.8) is 0 Å². The second kappa shape index (κ2) is 6.74. The Morgan fingerprint density at radius 3 is 2.43 bits per heavy atom. The number of nitrogens with one attached hydrogen (secondary N) is 2. The van der Waals surface area contributed by atoms with Gasteiger partial charge in [0.1, 0.15) is 5.82 Å². The van der Waals surface area contributed by atoms with Crippen molar-refractivity contribution in [2.45, 2.75) is 51.0 Å². The number of fused-ring (bicyclic) bond motifs is 1. The number of para-hydroxylation sites is 1. The van der Waals surface area contributed by atoms with Crippen molar-refractivity contribution in [3.05, 3.63) is 24.3 Å². The normalized spacial score (nSPS) is 17.2. The van der Waals surface area contributed by atoms with Crippen molar-refractivity contribution < 1.29 is 0 Å².